The number of carbonyl (C=O) groups is 1. The number of aliphatic hydroxyl groups is 1. The highest BCUT2D eigenvalue weighted by Crippen LogP contribution is 2.43. The van der Waals surface area contributed by atoms with Gasteiger partial charge in [0.2, 0.25) is 0 Å². The molecule has 1 amide bonds. The summed E-state index contributed by atoms with van der Waals surface area (Å²) in [6, 6.07) is 3.73. The van der Waals surface area contributed by atoms with Gasteiger partial charge in [0.25, 0.3) is 5.91 Å². The first-order chi connectivity index (χ1) is 11.6. The van der Waals surface area contributed by atoms with Crippen molar-refractivity contribution in [1.29, 1.82) is 0 Å². The molecular weight excluding hydrogens is 326 g/mol. The molecule has 2 N–H and O–H groups in total. The van der Waals surface area contributed by atoms with E-state index in [-0.39, 0.29) is 23.7 Å². The molecule has 3 unspecified atom stereocenters. The molecule has 2 fully saturated rings. The van der Waals surface area contributed by atoms with Crippen LogP contribution in [0.3, 0.4) is 0 Å². The fourth-order valence-corrected chi connectivity index (χ4v) is 4.96. The number of aromatic amines is 1. The molecule has 1 saturated carbocycles. The van der Waals surface area contributed by atoms with E-state index in [4.69, 9.17) is 4.74 Å². The third-order valence-electron chi connectivity index (χ3n) is 5.37. The average Bonchev–Trinajstić information content (AvgIpc) is 3.32. The number of fused-ring (bicyclic) bond motifs is 1. The maximum Gasteiger partial charge on any atom is 0.264 e. The molecule has 6 nitrogen and oxygen atoms in total. The molecule has 0 aromatic carbocycles. The zero-order chi connectivity index (χ0) is 16.7. The fourth-order valence-electron chi connectivity index (χ4n) is 4.04. The number of thiophene rings is 1. The second kappa shape index (κ2) is 5.98. The van der Waals surface area contributed by atoms with E-state index < -0.39 is 0 Å². The molecule has 0 spiro atoms. The summed E-state index contributed by atoms with van der Waals surface area (Å²) in [6.45, 7) is 0.679. The number of likely N-dealkylation sites (tertiary alicyclic amines) is 1. The van der Waals surface area contributed by atoms with Crippen LogP contribution in [0.4, 0.5) is 0 Å². The van der Waals surface area contributed by atoms with Crippen LogP contribution in [-0.4, -0.2) is 57.3 Å². The molecule has 4 rings (SSSR count). The summed E-state index contributed by atoms with van der Waals surface area (Å²) in [4.78, 5) is 23.9. The lowest BCUT2D eigenvalue weighted by molar-refractivity contribution is -0.0824. The smallest absolute Gasteiger partial charge is 0.264 e. The summed E-state index contributed by atoms with van der Waals surface area (Å²) in [5.74, 6) is 0.802. The van der Waals surface area contributed by atoms with E-state index in [1.165, 1.54) is 11.3 Å². The molecule has 1 aliphatic carbocycles. The summed E-state index contributed by atoms with van der Waals surface area (Å²) in [6.07, 6.45) is 6.10. The standard InChI is InChI=1S/C17H21N3O3S/c1-23-17-5-4-11(21)10-14(17)20(9-6-17)16(22)13-3-2-12(24-13)15-18-7-8-19-15/h2-3,7-8,11,14,21H,4-6,9-10H2,1H3,(H,18,19). The Bertz CT molecular complexity index is 729. The van der Waals surface area contributed by atoms with Crippen molar-refractivity contribution in [2.75, 3.05) is 13.7 Å². The van der Waals surface area contributed by atoms with Crippen molar-refractivity contribution in [3.63, 3.8) is 0 Å². The van der Waals surface area contributed by atoms with Crippen LogP contribution in [0, 0.1) is 0 Å². The number of nitrogens with one attached hydrogen (secondary N) is 1. The minimum atomic E-state index is -0.353. The van der Waals surface area contributed by atoms with Gasteiger partial charge in [-0.1, -0.05) is 0 Å². The second-order valence-electron chi connectivity index (χ2n) is 6.56. The molecule has 3 heterocycles. The number of carbonyl (C=O) groups excluding carboxylic acids is 1. The third-order valence-corrected chi connectivity index (χ3v) is 6.45. The van der Waals surface area contributed by atoms with E-state index >= 15 is 0 Å². The molecule has 3 atom stereocenters. The van der Waals surface area contributed by atoms with Crippen LogP contribution in [0.15, 0.2) is 24.5 Å². The van der Waals surface area contributed by atoms with E-state index in [9.17, 15) is 9.90 Å². The van der Waals surface area contributed by atoms with Crippen LogP contribution in [0.1, 0.15) is 35.4 Å². The highest BCUT2D eigenvalue weighted by atomic mass is 32.1. The lowest BCUT2D eigenvalue weighted by atomic mass is 9.79. The lowest BCUT2D eigenvalue weighted by Gasteiger charge is -2.42. The molecule has 2 aliphatic rings. The van der Waals surface area contributed by atoms with Gasteiger partial charge in [0, 0.05) is 26.0 Å². The quantitative estimate of drug-likeness (QED) is 0.893. The van der Waals surface area contributed by atoms with Crippen molar-refractivity contribution >= 4 is 17.2 Å². The largest absolute Gasteiger partial charge is 0.393 e. The Kier molecular flexibility index (Phi) is 3.94. The molecule has 1 saturated heterocycles. The Labute approximate surface area is 144 Å². The molecule has 2 aromatic heterocycles. The van der Waals surface area contributed by atoms with E-state index in [1.807, 2.05) is 17.0 Å². The van der Waals surface area contributed by atoms with E-state index in [2.05, 4.69) is 9.97 Å². The maximum absolute atomic E-state index is 13.0. The van der Waals surface area contributed by atoms with Crippen molar-refractivity contribution in [3.05, 3.63) is 29.4 Å². The molecule has 128 valence electrons. The summed E-state index contributed by atoms with van der Waals surface area (Å²) in [7, 11) is 1.72. The molecular formula is C17H21N3O3S. The van der Waals surface area contributed by atoms with Gasteiger partial charge in [0.15, 0.2) is 0 Å². The Morgan fingerprint density at radius 2 is 2.38 bits per heavy atom. The van der Waals surface area contributed by atoms with Gasteiger partial charge in [0.05, 0.1) is 27.5 Å². The van der Waals surface area contributed by atoms with Gasteiger partial charge in [-0.2, -0.15) is 0 Å². The van der Waals surface area contributed by atoms with Crippen LogP contribution in [-0.2, 0) is 4.74 Å². The monoisotopic (exact) mass is 347 g/mol. The summed E-state index contributed by atoms with van der Waals surface area (Å²) in [5.41, 5.74) is -0.296. The zero-order valence-electron chi connectivity index (χ0n) is 13.6. The second-order valence-corrected chi connectivity index (χ2v) is 7.65. The van der Waals surface area contributed by atoms with E-state index in [0.29, 0.717) is 17.8 Å². The zero-order valence-corrected chi connectivity index (χ0v) is 14.4. The minimum Gasteiger partial charge on any atom is -0.393 e. The van der Waals surface area contributed by atoms with Gasteiger partial charge >= 0.3 is 0 Å². The number of aromatic nitrogens is 2. The normalized spacial score (nSPS) is 29.7. The average molecular weight is 347 g/mol. The van der Waals surface area contributed by atoms with Gasteiger partial charge in [-0.25, -0.2) is 4.98 Å². The number of hydrogen-bond acceptors (Lipinski definition) is 5. The number of ether oxygens (including phenoxy) is 1. The Hall–Kier alpha value is -1.70. The van der Waals surface area contributed by atoms with Crippen LogP contribution in [0.2, 0.25) is 0 Å². The minimum absolute atomic E-state index is 0.0239. The molecule has 0 bridgehead atoms. The Morgan fingerprint density at radius 3 is 3.12 bits per heavy atom. The van der Waals surface area contributed by atoms with E-state index in [1.54, 1.807) is 19.5 Å². The van der Waals surface area contributed by atoms with Gasteiger partial charge < -0.3 is 19.7 Å². The number of hydrogen-bond donors (Lipinski definition) is 2. The molecule has 2 aromatic rings. The highest BCUT2D eigenvalue weighted by Gasteiger charge is 2.52. The molecule has 1 aliphatic heterocycles. The summed E-state index contributed by atoms with van der Waals surface area (Å²) in [5, 5.41) is 10.1. The van der Waals surface area contributed by atoms with Crippen molar-refractivity contribution in [2.24, 2.45) is 0 Å². The van der Waals surface area contributed by atoms with Crippen molar-refractivity contribution in [2.45, 2.75) is 43.4 Å². The Morgan fingerprint density at radius 1 is 1.50 bits per heavy atom. The third kappa shape index (κ3) is 2.47. The first-order valence-corrected chi connectivity index (χ1v) is 9.08. The molecule has 0 radical (unpaired) electrons. The van der Waals surface area contributed by atoms with Gasteiger partial charge in [-0.15, -0.1) is 11.3 Å². The highest BCUT2D eigenvalue weighted by molar-refractivity contribution is 7.17. The summed E-state index contributed by atoms with van der Waals surface area (Å²) >= 11 is 1.44. The number of amides is 1. The number of H-pyrrole nitrogens is 1. The van der Waals surface area contributed by atoms with Crippen LogP contribution < -0.4 is 0 Å². The van der Waals surface area contributed by atoms with Crippen LogP contribution in [0.5, 0.6) is 0 Å². The predicted octanol–water partition coefficient (Wildman–Crippen LogP) is 2.28. The van der Waals surface area contributed by atoms with Gasteiger partial charge in [-0.3, -0.25) is 4.79 Å². The van der Waals surface area contributed by atoms with Crippen LogP contribution in [0.25, 0.3) is 10.7 Å². The van der Waals surface area contributed by atoms with Crippen molar-refractivity contribution in [1.82, 2.24) is 14.9 Å². The Balaban J connectivity index is 1.58. The van der Waals surface area contributed by atoms with Crippen molar-refractivity contribution < 1.29 is 14.6 Å². The summed E-state index contributed by atoms with van der Waals surface area (Å²) < 4.78 is 5.81. The molecule has 7 heteroatoms. The maximum atomic E-state index is 13.0. The first-order valence-electron chi connectivity index (χ1n) is 8.27. The van der Waals surface area contributed by atoms with Gasteiger partial charge in [-0.05, 0) is 37.8 Å². The number of nitrogens with zero attached hydrogens (tertiary/aromatic N) is 2. The lowest BCUT2D eigenvalue weighted by Crippen LogP contribution is -2.52. The van der Waals surface area contributed by atoms with Crippen molar-refractivity contribution in [3.8, 4) is 10.7 Å². The topological polar surface area (TPSA) is 78.5 Å². The van der Waals surface area contributed by atoms with E-state index in [0.717, 1.165) is 30.0 Å². The predicted molar refractivity (Wildman–Crippen MR) is 90.9 cm³/mol. The number of imidazole rings is 1. The van der Waals surface area contributed by atoms with Crippen LogP contribution >= 0.6 is 11.3 Å². The van der Waals surface area contributed by atoms with Gasteiger partial charge in [0.1, 0.15) is 5.82 Å². The molecule has 24 heavy (non-hydrogen) atoms. The number of methoxy groups -OCH3 is 1. The SMILES string of the molecule is COC12CCC(O)CC1N(C(=O)c1ccc(-c3ncc[nH]3)s1)CC2. The number of aliphatic hydroxyl groups excluding tert-OH is 1. The first kappa shape index (κ1) is 15.8. The number of rotatable bonds is 3. The fraction of sp³-hybridized carbons (Fsp3) is 0.529.